The average Bonchev–Trinajstić information content (AvgIpc) is 3.33. The molecule has 1 N–H and O–H groups in total. The highest BCUT2D eigenvalue weighted by Crippen LogP contribution is 2.18. The molecule has 0 radical (unpaired) electrons. The molecule has 4 heterocycles. The number of amides is 1. The topological polar surface area (TPSA) is 75.4 Å². The summed E-state index contributed by atoms with van der Waals surface area (Å²) in [6, 6.07) is 7.91. The molecule has 3 aromatic rings. The van der Waals surface area contributed by atoms with Crippen LogP contribution in [0.25, 0.3) is 11.7 Å². The summed E-state index contributed by atoms with van der Waals surface area (Å²) in [7, 11) is 0. The minimum absolute atomic E-state index is 0.0579. The minimum atomic E-state index is -0.0579. The standard InChI is InChI=1S/C16H16N6OS/c23-16(6-3-13-2-1-9-24-13)18-12-7-8-21(10-12)15-5-4-14-19-17-11-22(14)20-15/h1-6,9,11-12H,7-8,10H2,(H,18,23)/b6-3+/t12-/m0/s1. The van der Waals surface area contributed by atoms with Crippen LogP contribution < -0.4 is 10.2 Å². The van der Waals surface area contributed by atoms with Crippen LogP contribution in [0.15, 0.2) is 42.0 Å². The summed E-state index contributed by atoms with van der Waals surface area (Å²) >= 11 is 1.61. The molecule has 7 nitrogen and oxygen atoms in total. The zero-order valence-electron chi connectivity index (χ0n) is 12.9. The number of carbonyl (C=O) groups is 1. The van der Waals surface area contributed by atoms with Crippen molar-refractivity contribution in [2.75, 3.05) is 18.0 Å². The average molecular weight is 340 g/mol. The fourth-order valence-electron chi connectivity index (χ4n) is 2.77. The molecule has 1 saturated heterocycles. The summed E-state index contributed by atoms with van der Waals surface area (Å²) in [5.74, 6) is 0.811. The van der Waals surface area contributed by atoms with Crippen molar-refractivity contribution in [1.29, 1.82) is 0 Å². The van der Waals surface area contributed by atoms with Crippen LogP contribution in [0.4, 0.5) is 5.82 Å². The second kappa shape index (κ2) is 6.40. The molecule has 8 heteroatoms. The molecule has 0 aliphatic carbocycles. The Morgan fingerprint density at radius 1 is 1.38 bits per heavy atom. The van der Waals surface area contributed by atoms with E-state index in [1.54, 1.807) is 28.3 Å². The number of nitrogens with zero attached hydrogens (tertiary/aromatic N) is 5. The molecule has 4 rings (SSSR count). The molecule has 122 valence electrons. The largest absolute Gasteiger partial charge is 0.353 e. The third kappa shape index (κ3) is 3.13. The molecule has 0 aromatic carbocycles. The van der Waals surface area contributed by atoms with Crippen LogP contribution in [-0.4, -0.2) is 44.8 Å². The normalized spacial score (nSPS) is 17.8. The van der Waals surface area contributed by atoms with Gasteiger partial charge in [-0.2, -0.15) is 4.52 Å². The number of thiophene rings is 1. The zero-order chi connectivity index (χ0) is 16.4. The molecular formula is C16H16N6OS. The number of hydrogen-bond acceptors (Lipinski definition) is 6. The fourth-order valence-corrected chi connectivity index (χ4v) is 3.38. The number of rotatable bonds is 4. The van der Waals surface area contributed by atoms with Gasteiger partial charge in [-0.05, 0) is 36.1 Å². The Balaban J connectivity index is 1.36. The number of anilines is 1. The Morgan fingerprint density at radius 3 is 3.21 bits per heavy atom. The first-order valence-corrected chi connectivity index (χ1v) is 8.60. The first-order chi connectivity index (χ1) is 11.8. The SMILES string of the molecule is O=C(/C=C/c1cccs1)N[C@H]1CCN(c2ccc3nncn3n2)C1. The van der Waals surface area contributed by atoms with Crippen LogP contribution >= 0.6 is 11.3 Å². The van der Waals surface area contributed by atoms with E-state index in [-0.39, 0.29) is 11.9 Å². The van der Waals surface area contributed by atoms with E-state index in [4.69, 9.17) is 0 Å². The van der Waals surface area contributed by atoms with Crippen LogP contribution in [0.1, 0.15) is 11.3 Å². The second-order valence-corrected chi connectivity index (χ2v) is 6.59. The summed E-state index contributed by atoms with van der Waals surface area (Å²) in [4.78, 5) is 15.3. The quantitative estimate of drug-likeness (QED) is 0.730. The Kier molecular flexibility index (Phi) is 3.96. The van der Waals surface area contributed by atoms with Crippen LogP contribution in [0.2, 0.25) is 0 Å². The van der Waals surface area contributed by atoms with E-state index < -0.39 is 0 Å². The highest BCUT2D eigenvalue weighted by molar-refractivity contribution is 7.10. The molecule has 0 bridgehead atoms. The van der Waals surface area contributed by atoms with Crippen molar-refractivity contribution in [3.05, 3.63) is 46.9 Å². The van der Waals surface area contributed by atoms with E-state index in [0.29, 0.717) is 0 Å². The summed E-state index contributed by atoms with van der Waals surface area (Å²) < 4.78 is 1.66. The smallest absolute Gasteiger partial charge is 0.244 e. The monoisotopic (exact) mass is 340 g/mol. The molecular weight excluding hydrogens is 324 g/mol. The lowest BCUT2D eigenvalue weighted by molar-refractivity contribution is -0.117. The van der Waals surface area contributed by atoms with E-state index in [0.717, 1.165) is 35.9 Å². The Hall–Kier alpha value is -2.74. The van der Waals surface area contributed by atoms with Crippen molar-refractivity contribution >= 4 is 34.8 Å². The maximum absolute atomic E-state index is 12.0. The number of hydrogen-bond donors (Lipinski definition) is 1. The van der Waals surface area contributed by atoms with Crippen molar-refractivity contribution < 1.29 is 4.79 Å². The third-order valence-corrected chi connectivity index (χ3v) is 4.79. The Labute approximate surface area is 142 Å². The van der Waals surface area contributed by atoms with Gasteiger partial charge in [-0.3, -0.25) is 4.79 Å². The molecule has 0 unspecified atom stereocenters. The van der Waals surface area contributed by atoms with Crippen LogP contribution in [0.5, 0.6) is 0 Å². The van der Waals surface area contributed by atoms with Gasteiger partial charge in [0.05, 0.1) is 0 Å². The third-order valence-electron chi connectivity index (χ3n) is 3.95. The van der Waals surface area contributed by atoms with Gasteiger partial charge in [0.15, 0.2) is 5.65 Å². The molecule has 1 amide bonds. The van der Waals surface area contributed by atoms with Crippen molar-refractivity contribution in [2.45, 2.75) is 12.5 Å². The Morgan fingerprint density at radius 2 is 2.33 bits per heavy atom. The second-order valence-electron chi connectivity index (χ2n) is 5.61. The fraction of sp³-hybridized carbons (Fsp3) is 0.250. The van der Waals surface area contributed by atoms with E-state index in [2.05, 4.69) is 25.5 Å². The minimum Gasteiger partial charge on any atom is -0.353 e. The van der Waals surface area contributed by atoms with E-state index in [9.17, 15) is 4.79 Å². The highest BCUT2D eigenvalue weighted by Gasteiger charge is 2.24. The predicted octanol–water partition coefficient (Wildman–Crippen LogP) is 1.59. The highest BCUT2D eigenvalue weighted by atomic mass is 32.1. The van der Waals surface area contributed by atoms with Gasteiger partial charge in [-0.25, -0.2) is 0 Å². The number of nitrogens with one attached hydrogen (secondary N) is 1. The van der Waals surface area contributed by atoms with Gasteiger partial charge in [0.2, 0.25) is 5.91 Å². The predicted molar refractivity (Wildman–Crippen MR) is 92.9 cm³/mol. The van der Waals surface area contributed by atoms with E-state index >= 15 is 0 Å². The first-order valence-electron chi connectivity index (χ1n) is 7.72. The van der Waals surface area contributed by atoms with Gasteiger partial charge in [-0.15, -0.1) is 26.6 Å². The van der Waals surface area contributed by atoms with Gasteiger partial charge in [0, 0.05) is 30.1 Å². The number of carbonyl (C=O) groups excluding carboxylic acids is 1. The van der Waals surface area contributed by atoms with E-state index in [1.807, 2.05) is 35.7 Å². The van der Waals surface area contributed by atoms with Gasteiger partial charge < -0.3 is 10.2 Å². The lowest BCUT2D eigenvalue weighted by atomic mass is 10.2. The number of aromatic nitrogens is 4. The van der Waals surface area contributed by atoms with Gasteiger partial charge in [-0.1, -0.05) is 6.07 Å². The van der Waals surface area contributed by atoms with Gasteiger partial charge in [0.25, 0.3) is 0 Å². The lowest BCUT2D eigenvalue weighted by Crippen LogP contribution is -2.36. The number of fused-ring (bicyclic) bond motifs is 1. The van der Waals surface area contributed by atoms with Gasteiger partial charge in [0.1, 0.15) is 12.1 Å². The van der Waals surface area contributed by atoms with E-state index in [1.165, 1.54) is 0 Å². The summed E-state index contributed by atoms with van der Waals surface area (Å²) in [6.45, 7) is 1.61. The maximum atomic E-state index is 12.0. The lowest BCUT2D eigenvalue weighted by Gasteiger charge is -2.17. The molecule has 1 aliphatic rings. The van der Waals surface area contributed by atoms with Crippen molar-refractivity contribution in [1.82, 2.24) is 25.1 Å². The van der Waals surface area contributed by atoms with Crippen LogP contribution in [-0.2, 0) is 4.79 Å². The van der Waals surface area contributed by atoms with Crippen LogP contribution in [0, 0.1) is 0 Å². The maximum Gasteiger partial charge on any atom is 0.244 e. The molecule has 24 heavy (non-hydrogen) atoms. The molecule has 1 atom stereocenters. The molecule has 3 aromatic heterocycles. The zero-order valence-corrected chi connectivity index (χ0v) is 13.7. The molecule has 1 fully saturated rings. The van der Waals surface area contributed by atoms with Gasteiger partial charge >= 0.3 is 0 Å². The molecule has 1 aliphatic heterocycles. The van der Waals surface area contributed by atoms with Crippen molar-refractivity contribution in [3.63, 3.8) is 0 Å². The summed E-state index contributed by atoms with van der Waals surface area (Å²) in [5, 5.41) is 17.3. The van der Waals surface area contributed by atoms with Crippen molar-refractivity contribution in [2.24, 2.45) is 0 Å². The molecule has 0 saturated carbocycles. The molecule has 0 spiro atoms. The summed E-state index contributed by atoms with van der Waals surface area (Å²) in [5.41, 5.74) is 0.724. The first kappa shape index (κ1) is 14.8. The van der Waals surface area contributed by atoms with Crippen LogP contribution in [0.3, 0.4) is 0 Å². The Bertz CT molecular complexity index is 872. The summed E-state index contributed by atoms with van der Waals surface area (Å²) in [6.07, 6.45) is 5.92. The van der Waals surface area contributed by atoms with Crippen molar-refractivity contribution in [3.8, 4) is 0 Å².